The van der Waals surface area contributed by atoms with Crippen LogP contribution in [0.3, 0.4) is 0 Å². The highest BCUT2D eigenvalue weighted by atomic mass is 32.2. The summed E-state index contributed by atoms with van der Waals surface area (Å²) in [5, 5.41) is 2.84. The molecule has 0 heterocycles. The molecule has 2 atom stereocenters. The van der Waals surface area contributed by atoms with Gasteiger partial charge >= 0.3 is 0 Å². The number of benzene rings is 2. The van der Waals surface area contributed by atoms with Gasteiger partial charge in [-0.15, -0.1) is 0 Å². The highest BCUT2D eigenvalue weighted by molar-refractivity contribution is 7.92. The molecule has 0 aliphatic carbocycles. The van der Waals surface area contributed by atoms with Crippen molar-refractivity contribution in [2.75, 3.05) is 17.1 Å². The molecule has 186 valence electrons. The van der Waals surface area contributed by atoms with Crippen LogP contribution in [0.4, 0.5) is 10.1 Å². The van der Waals surface area contributed by atoms with Gasteiger partial charge in [0.1, 0.15) is 18.4 Å². The number of aryl methyl sites for hydroxylation is 2. The fourth-order valence-corrected chi connectivity index (χ4v) is 4.40. The number of anilines is 1. The van der Waals surface area contributed by atoms with E-state index in [1.54, 1.807) is 25.1 Å². The number of hydrogen-bond acceptors (Lipinski definition) is 4. The molecule has 2 amide bonds. The Bertz CT molecular complexity index is 1120. The summed E-state index contributed by atoms with van der Waals surface area (Å²) in [6.07, 6.45) is 1.73. The lowest BCUT2D eigenvalue weighted by molar-refractivity contribution is -0.139. The standard InChI is InChI=1S/C25H34FN3O4S/c1-7-19(4)27-25(31)20(5)28(15-21-10-8-9-11-23(21)26)24(30)16-29(34(6,32)33)22-13-17(2)12-18(3)14-22/h8-14,19-20H,7,15-16H2,1-6H3,(H,27,31)/t19-,20-/m0/s1. The highest BCUT2D eigenvalue weighted by Gasteiger charge is 2.31. The van der Waals surface area contributed by atoms with Crippen LogP contribution in [0.2, 0.25) is 0 Å². The summed E-state index contributed by atoms with van der Waals surface area (Å²) in [4.78, 5) is 27.5. The summed E-state index contributed by atoms with van der Waals surface area (Å²) in [5.41, 5.74) is 2.29. The van der Waals surface area contributed by atoms with Gasteiger partial charge in [0.05, 0.1) is 11.9 Å². The minimum Gasteiger partial charge on any atom is -0.352 e. The lowest BCUT2D eigenvalue weighted by Crippen LogP contribution is -2.52. The fourth-order valence-electron chi connectivity index (χ4n) is 3.57. The Kier molecular flexibility index (Phi) is 9.21. The number of nitrogens with zero attached hydrogens (tertiary/aromatic N) is 2. The Hall–Kier alpha value is -2.94. The Morgan fingerprint density at radius 2 is 1.65 bits per heavy atom. The van der Waals surface area contributed by atoms with Crippen molar-refractivity contribution >= 4 is 27.5 Å². The van der Waals surface area contributed by atoms with Crippen molar-refractivity contribution in [2.45, 2.75) is 59.7 Å². The van der Waals surface area contributed by atoms with E-state index in [2.05, 4.69) is 5.32 Å². The van der Waals surface area contributed by atoms with E-state index in [0.717, 1.165) is 21.7 Å². The summed E-state index contributed by atoms with van der Waals surface area (Å²) >= 11 is 0. The Morgan fingerprint density at radius 1 is 1.06 bits per heavy atom. The fraction of sp³-hybridized carbons (Fsp3) is 0.440. The van der Waals surface area contributed by atoms with E-state index in [-0.39, 0.29) is 18.2 Å². The lowest BCUT2D eigenvalue weighted by atomic mass is 10.1. The molecule has 0 bridgehead atoms. The van der Waals surface area contributed by atoms with Crippen LogP contribution in [0, 0.1) is 19.7 Å². The molecule has 2 aromatic rings. The Morgan fingerprint density at radius 3 is 2.18 bits per heavy atom. The van der Waals surface area contributed by atoms with Crippen LogP contribution in [-0.2, 0) is 26.2 Å². The molecular formula is C25H34FN3O4S. The maximum Gasteiger partial charge on any atom is 0.244 e. The number of carbonyl (C=O) groups is 2. The second kappa shape index (κ2) is 11.5. The van der Waals surface area contributed by atoms with Crippen LogP contribution in [0.15, 0.2) is 42.5 Å². The van der Waals surface area contributed by atoms with E-state index in [9.17, 15) is 22.4 Å². The number of nitrogens with one attached hydrogen (secondary N) is 1. The monoisotopic (exact) mass is 491 g/mol. The maximum atomic E-state index is 14.4. The molecule has 0 radical (unpaired) electrons. The number of rotatable bonds is 10. The summed E-state index contributed by atoms with van der Waals surface area (Å²) < 4.78 is 40.7. The van der Waals surface area contributed by atoms with Crippen molar-refractivity contribution in [1.29, 1.82) is 0 Å². The smallest absolute Gasteiger partial charge is 0.244 e. The van der Waals surface area contributed by atoms with Crippen LogP contribution in [0.5, 0.6) is 0 Å². The normalized spacial score (nSPS) is 13.1. The van der Waals surface area contributed by atoms with Crippen molar-refractivity contribution in [2.24, 2.45) is 0 Å². The third kappa shape index (κ3) is 7.28. The van der Waals surface area contributed by atoms with E-state index in [1.807, 2.05) is 33.8 Å². The zero-order chi connectivity index (χ0) is 25.6. The minimum absolute atomic E-state index is 0.108. The average Bonchev–Trinajstić information content (AvgIpc) is 2.74. The van der Waals surface area contributed by atoms with Gasteiger partial charge in [-0.25, -0.2) is 12.8 Å². The van der Waals surface area contributed by atoms with Crippen LogP contribution in [0.1, 0.15) is 43.9 Å². The predicted octanol–water partition coefficient (Wildman–Crippen LogP) is 3.54. The first kappa shape index (κ1) is 27.3. The van der Waals surface area contributed by atoms with Gasteiger partial charge in [0, 0.05) is 18.2 Å². The topological polar surface area (TPSA) is 86.8 Å². The van der Waals surface area contributed by atoms with Crippen LogP contribution in [0.25, 0.3) is 0 Å². The molecule has 0 unspecified atom stereocenters. The van der Waals surface area contributed by atoms with Gasteiger partial charge in [0.25, 0.3) is 0 Å². The van der Waals surface area contributed by atoms with E-state index < -0.39 is 40.2 Å². The van der Waals surface area contributed by atoms with Gasteiger partial charge in [-0.1, -0.05) is 31.2 Å². The van der Waals surface area contributed by atoms with Crippen molar-refractivity contribution in [3.8, 4) is 0 Å². The van der Waals surface area contributed by atoms with Crippen LogP contribution >= 0.6 is 0 Å². The molecule has 0 aliphatic rings. The third-order valence-electron chi connectivity index (χ3n) is 5.64. The molecule has 9 heteroatoms. The van der Waals surface area contributed by atoms with Gasteiger partial charge in [-0.05, 0) is 63.4 Å². The quantitative estimate of drug-likeness (QED) is 0.551. The van der Waals surface area contributed by atoms with Crippen molar-refractivity contribution < 1.29 is 22.4 Å². The summed E-state index contributed by atoms with van der Waals surface area (Å²) in [5.74, 6) is -1.51. The van der Waals surface area contributed by atoms with E-state index in [1.165, 1.54) is 23.1 Å². The second-order valence-electron chi connectivity index (χ2n) is 8.72. The number of amides is 2. The maximum absolute atomic E-state index is 14.4. The number of halogens is 1. The van der Waals surface area contributed by atoms with Gasteiger partial charge in [0.15, 0.2) is 0 Å². The van der Waals surface area contributed by atoms with Crippen molar-refractivity contribution in [1.82, 2.24) is 10.2 Å². The number of carbonyl (C=O) groups excluding carboxylic acids is 2. The first-order chi connectivity index (χ1) is 15.8. The molecular weight excluding hydrogens is 457 g/mol. The average molecular weight is 492 g/mol. The summed E-state index contributed by atoms with van der Waals surface area (Å²) in [6.45, 7) is 8.31. The first-order valence-corrected chi connectivity index (χ1v) is 13.1. The zero-order valence-corrected chi connectivity index (χ0v) is 21.4. The van der Waals surface area contributed by atoms with Gasteiger partial charge < -0.3 is 10.2 Å². The predicted molar refractivity (Wildman–Crippen MR) is 132 cm³/mol. The molecule has 0 spiro atoms. The SMILES string of the molecule is CC[C@H](C)NC(=O)[C@H](C)N(Cc1ccccc1F)C(=O)CN(c1cc(C)cc(C)c1)S(C)(=O)=O. The van der Waals surface area contributed by atoms with Gasteiger partial charge in [-0.2, -0.15) is 0 Å². The molecule has 0 fully saturated rings. The summed E-state index contributed by atoms with van der Waals surface area (Å²) in [7, 11) is -3.82. The molecule has 34 heavy (non-hydrogen) atoms. The molecule has 0 aromatic heterocycles. The number of sulfonamides is 1. The molecule has 0 aliphatic heterocycles. The third-order valence-corrected chi connectivity index (χ3v) is 6.78. The van der Waals surface area contributed by atoms with Crippen molar-refractivity contribution in [3.63, 3.8) is 0 Å². The highest BCUT2D eigenvalue weighted by Crippen LogP contribution is 2.22. The second-order valence-corrected chi connectivity index (χ2v) is 10.6. The number of hydrogen-bond donors (Lipinski definition) is 1. The van der Waals surface area contributed by atoms with Crippen molar-refractivity contribution in [3.05, 3.63) is 65.0 Å². The molecule has 7 nitrogen and oxygen atoms in total. The Labute approximate surface area is 202 Å². The summed E-state index contributed by atoms with van der Waals surface area (Å²) in [6, 6.07) is 10.2. The zero-order valence-electron chi connectivity index (χ0n) is 20.6. The van der Waals surface area contributed by atoms with Gasteiger partial charge in [0.2, 0.25) is 21.8 Å². The molecule has 2 aromatic carbocycles. The molecule has 0 saturated carbocycles. The van der Waals surface area contributed by atoms with Gasteiger partial charge in [-0.3, -0.25) is 13.9 Å². The van der Waals surface area contributed by atoms with E-state index in [0.29, 0.717) is 12.1 Å². The molecule has 0 saturated heterocycles. The largest absolute Gasteiger partial charge is 0.352 e. The lowest BCUT2D eigenvalue weighted by Gasteiger charge is -2.32. The van der Waals surface area contributed by atoms with Crippen LogP contribution < -0.4 is 9.62 Å². The van der Waals surface area contributed by atoms with E-state index >= 15 is 0 Å². The minimum atomic E-state index is -3.82. The van der Waals surface area contributed by atoms with E-state index in [4.69, 9.17) is 0 Å². The molecule has 2 rings (SSSR count). The first-order valence-electron chi connectivity index (χ1n) is 11.2. The Balaban J connectivity index is 2.43. The molecule has 1 N–H and O–H groups in total. The van der Waals surface area contributed by atoms with Crippen LogP contribution in [-0.4, -0.2) is 50.0 Å².